The number of benzene rings is 1. The Morgan fingerprint density at radius 1 is 1.08 bits per heavy atom. The van der Waals surface area contributed by atoms with Crippen LogP contribution in [0.2, 0.25) is 0 Å². The molecule has 3 aromatic heterocycles. The number of hydrogen-bond acceptors (Lipinski definition) is 5. The molecule has 0 bridgehead atoms. The highest BCUT2D eigenvalue weighted by molar-refractivity contribution is 7.18. The molecule has 1 aromatic carbocycles. The molecule has 4 aromatic rings. The summed E-state index contributed by atoms with van der Waals surface area (Å²) in [7, 11) is 0. The van der Waals surface area contributed by atoms with Gasteiger partial charge in [-0.2, -0.15) is 4.98 Å². The van der Waals surface area contributed by atoms with E-state index >= 15 is 0 Å². The van der Waals surface area contributed by atoms with Gasteiger partial charge in [0.1, 0.15) is 16.0 Å². The van der Waals surface area contributed by atoms with Gasteiger partial charge in [0, 0.05) is 0 Å². The van der Waals surface area contributed by atoms with Gasteiger partial charge in [-0.1, -0.05) is 35.9 Å². The maximum atomic E-state index is 12.7. The van der Waals surface area contributed by atoms with E-state index in [1.54, 1.807) is 27.2 Å². The van der Waals surface area contributed by atoms with E-state index < -0.39 is 0 Å². The molecule has 0 saturated heterocycles. The molecule has 0 aliphatic rings. The smallest absolute Gasteiger partial charge is 0.277 e. The third-order valence-electron chi connectivity index (χ3n) is 3.84. The zero-order valence-corrected chi connectivity index (χ0v) is 14.9. The van der Waals surface area contributed by atoms with Gasteiger partial charge < -0.3 is 0 Å². The van der Waals surface area contributed by atoms with Crippen LogP contribution in [0, 0.1) is 13.8 Å². The summed E-state index contributed by atoms with van der Waals surface area (Å²) in [6, 6.07) is 12.2. The molecule has 24 heavy (non-hydrogen) atoms. The van der Waals surface area contributed by atoms with Crippen molar-refractivity contribution in [2.45, 2.75) is 20.4 Å². The van der Waals surface area contributed by atoms with Gasteiger partial charge in [-0.15, -0.1) is 22.7 Å². The highest BCUT2D eigenvalue weighted by Crippen LogP contribution is 2.31. The number of hydrogen-bond donors (Lipinski definition) is 0. The highest BCUT2D eigenvalue weighted by Gasteiger charge is 2.17. The van der Waals surface area contributed by atoms with E-state index in [-0.39, 0.29) is 5.69 Å². The van der Waals surface area contributed by atoms with Crippen LogP contribution in [0.4, 0.5) is 0 Å². The van der Waals surface area contributed by atoms with Gasteiger partial charge in [0.15, 0.2) is 0 Å². The SMILES string of the molecule is Cc1ccc(Cn2c(=O)nc(-c3cccs3)c3nc(C)sc32)cc1. The quantitative estimate of drug-likeness (QED) is 0.553. The Labute approximate surface area is 147 Å². The van der Waals surface area contributed by atoms with Gasteiger partial charge in [-0.05, 0) is 30.9 Å². The van der Waals surface area contributed by atoms with E-state index in [4.69, 9.17) is 0 Å². The average Bonchev–Trinajstić information content (AvgIpc) is 3.21. The molecule has 0 atom stereocenters. The molecule has 0 radical (unpaired) electrons. The molecule has 4 nitrogen and oxygen atoms in total. The van der Waals surface area contributed by atoms with Crippen molar-refractivity contribution in [1.82, 2.24) is 14.5 Å². The van der Waals surface area contributed by atoms with Gasteiger partial charge in [-0.3, -0.25) is 4.57 Å². The Bertz CT molecular complexity index is 1060. The monoisotopic (exact) mass is 353 g/mol. The summed E-state index contributed by atoms with van der Waals surface area (Å²) >= 11 is 3.12. The van der Waals surface area contributed by atoms with Gasteiger partial charge in [0.25, 0.3) is 0 Å². The Kier molecular flexibility index (Phi) is 3.78. The number of rotatable bonds is 3. The van der Waals surface area contributed by atoms with Crippen molar-refractivity contribution in [1.29, 1.82) is 0 Å². The number of aryl methyl sites for hydroxylation is 2. The molecule has 0 saturated carbocycles. The van der Waals surface area contributed by atoms with Crippen LogP contribution in [0.5, 0.6) is 0 Å². The maximum Gasteiger partial charge on any atom is 0.349 e. The summed E-state index contributed by atoms with van der Waals surface area (Å²) in [5, 5.41) is 2.92. The molecule has 0 aliphatic heterocycles. The molecular weight excluding hydrogens is 338 g/mol. The fourth-order valence-electron chi connectivity index (χ4n) is 2.65. The van der Waals surface area contributed by atoms with Crippen molar-refractivity contribution < 1.29 is 0 Å². The van der Waals surface area contributed by atoms with Crippen LogP contribution < -0.4 is 5.69 Å². The molecule has 0 N–H and O–H groups in total. The second kappa shape index (κ2) is 5.96. The van der Waals surface area contributed by atoms with Gasteiger partial charge in [0.2, 0.25) is 0 Å². The summed E-state index contributed by atoms with van der Waals surface area (Å²) < 4.78 is 1.72. The average molecular weight is 353 g/mol. The number of thiophene rings is 1. The minimum absolute atomic E-state index is 0.227. The summed E-state index contributed by atoms with van der Waals surface area (Å²) in [5.41, 5.74) is 3.56. The van der Waals surface area contributed by atoms with Crippen molar-refractivity contribution in [2.75, 3.05) is 0 Å². The van der Waals surface area contributed by atoms with Crippen LogP contribution in [-0.2, 0) is 6.54 Å². The summed E-state index contributed by atoms with van der Waals surface area (Å²) in [6.45, 7) is 4.52. The van der Waals surface area contributed by atoms with Crippen LogP contribution in [0.15, 0.2) is 46.6 Å². The second-order valence-corrected chi connectivity index (χ2v) is 7.81. The first-order chi connectivity index (χ1) is 11.6. The Morgan fingerprint density at radius 2 is 1.88 bits per heavy atom. The van der Waals surface area contributed by atoms with Crippen LogP contribution in [-0.4, -0.2) is 14.5 Å². The zero-order chi connectivity index (χ0) is 16.7. The molecule has 0 unspecified atom stereocenters. The third-order valence-corrected chi connectivity index (χ3v) is 5.71. The standard InChI is InChI=1S/C18H15N3OS2/c1-11-5-7-13(8-6-11)10-21-17-16(19-12(2)24-17)15(20-18(21)22)14-4-3-9-23-14/h3-9H,10H2,1-2H3. The molecule has 120 valence electrons. The fourth-order valence-corrected chi connectivity index (χ4v) is 4.27. The minimum atomic E-state index is -0.227. The van der Waals surface area contributed by atoms with Gasteiger partial charge in [0.05, 0.1) is 16.4 Å². The van der Waals surface area contributed by atoms with Crippen LogP contribution in [0.1, 0.15) is 16.1 Å². The molecule has 0 amide bonds. The number of fused-ring (bicyclic) bond motifs is 1. The van der Waals surface area contributed by atoms with Crippen LogP contribution in [0.3, 0.4) is 0 Å². The topological polar surface area (TPSA) is 47.8 Å². The van der Waals surface area contributed by atoms with E-state index in [2.05, 4.69) is 41.2 Å². The van der Waals surface area contributed by atoms with Crippen molar-refractivity contribution in [3.63, 3.8) is 0 Å². The normalized spacial score (nSPS) is 11.2. The van der Waals surface area contributed by atoms with Crippen LogP contribution in [0.25, 0.3) is 20.9 Å². The van der Waals surface area contributed by atoms with E-state index in [1.165, 1.54) is 5.56 Å². The van der Waals surface area contributed by atoms with E-state index in [1.807, 2.05) is 24.4 Å². The Morgan fingerprint density at radius 3 is 2.58 bits per heavy atom. The molecule has 0 fully saturated rings. The third kappa shape index (κ3) is 2.68. The fraction of sp³-hybridized carbons (Fsp3) is 0.167. The number of thiazole rings is 1. The van der Waals surface area contributed by atoms with Gasteiger partial charge in [-0.25, -0.2) is 9.78 Å². The molecule has 0 aliphatic carbocycles. The van der Waals surface area contributed by atoms with E-state index in [0.717, 1.165) is 25.8 Å². The van der Waals surface area contributed by atoms with Crippen molar-refractivity contribution in [3.8, 4) is 10.6 Å². The lowest BCUT2D eigenvalue weighted by Crippen LogP contribution is -2.24. The summed E-state index contributed by atoms with van der Waals surface area (Å²) in [5.74, 6) is 0. The van der Waals surface area contributed by atoms with Crippen molar-refractivity contribution >= 4 is 33.0 Å². The van der Waals surface area contributed by atoms with Crippen LogP contribution >= 0.6 is 22.7 Å². The zero-order valence-electron chi connectivity index (χ0n) is 13.3. The first-order valence-corrected chi connectivity index (χ1v) is 9.29. The number of nitrogens with zero attached hydrogens (tertiary/aromatic N) is 3. The highest BCUT2D eigenvalue weighted by atomic mass is 32.1. The van der Waals surface area contributed by atoms with E-state index in [9.17, 15) is 4.79 Å². The first kappa shape index (κ1) is 15.2. The molecule has 0 spiro atoms. The summed E-state index contributed by atoms with van der Waals surface area (Å²) in [4.78, 5) is 23.5. The maximum absolute atomic E-state index is 12.7. The summed E-state index contributed by atoms with van der Waals surface area (Å²) in [6.07, 6.45) is 0. The number of aromatic nitrogens is 3. The lowest BCUT2D eigenvalue weighted by molar-refractivity contribution is 0.768. The lowest BCUT2D eigenvalue weighted by Gasteiger charge is -2.08. The Balaban J connectivity index is 1.90. The minimum Gasteiger partial charge on any atom is -0.277 e. The van der Waals surface area contributed by atoms with Crippen molar-refractivity contribution in [2.24, 2.45) is 0 Å². The molecule has 3 heterocycles. The molecule has 4 rings (SSSR count). The second-order valence-electron chi connectivity index (χ2n) is 5.68. The molecular formula is C18H15N3OS2. The lowest BCUT2D eigenvalue weighted by atomic mass is 10.1. The first-order valence-electron chi connectivity index (χ1n) is 7.59. The molecule has 6 heteroatoms. The Hall–Kier alpha value is -2.31. The predicted octanol–water partition coefficient (Wildman–Crippen LogP) is 4.25. The predicted molar refractivity (Wildman–Crippen MR) is 100 cm³/mol. The van der Waals surface area contributed by atoms with Gasteiger partial charge >= 0.3 is 5.69 Å². The van der Waals surface area contributed by atoms with E-state index in [0.29, 0.717) is 12.2 Å². The largest absolute Gasteiger partial charge is 0.349 e. The van der Waals surface area contributed by atoms with Crippen molar-refractivity contribution in [3.05, 3.63) is 68.4 Å².